The minimum atomic E-state index is -0.752. The highest BCUT2D eigenvalue weighted by atomic mass is 15.1. The average Bonchev–Trinajstić information content (AvgIpc) is 1.42. The van der Waals surface area contributed by atoms with Gasteiger partial charge in [0.2, 0.25) is 0 Å². The number of rotatable bonds is 8. The Balaban J connectivity index is 0.919. The standard InChI is InChI=1S/C86H56N4/c1-5-25-57(26-6-1)87(58-27-7-2-8-28-58)61-45-49-63(50-46-61)89-81-43-23-17-37-69(81)71-53-77-79(55-83(71)89)85(73-39-19-13-33-65(73)66-34-14-20-40-74(66)85)78-54-72-70-38-18-24-44-82(70)90(64-51-47-62(48-52-64)88(59-29-9-3-10-30-59)60-31-11-4-12-32-60)84(72)56-80(78)86(77)75-41-21-15-35-67(75)68-36-16-22-42-76(68)86/h1-56H. The van der Waals surface area contributed by atoms with Gasteiger partial charge in [-0.25, -0.2) is 0 Å². The fourth-order valence-electron chi connectivity index (χ4n) is 16.5. The molecule has 3 aliphatic rings. The third kappa shape index (κ3) is 6.90. The Morgan fingerprint density at radius 3 is 0.767 bits per heavy atom. The van der Waals surface area contributed by atoms with E-state index in [2.05, 4.69) is 359 Å². The van der Waals surface area contributed by atoms with Gasteiger partial charge in [-0.2, -0.15) is 0 Å². The van der Waals surface area contributed by atoms with E-state index in [0.717, 1.165) is 45.5 Å². The molecular formula is C86H56N4. The molecular weight excluding hydrogens is 1090 g/mol. The monoisotopic (exact) mass is 1140 g/mol. The SMILES string of the molecule is c1ccc(N(c2ccccc2)c2ccc(-n3c4ccccc4c4cc5c(cc43)C3(c4ccccc4-c4ccccc43)c3cc4c6ccccc6n(-c6ccc(N(c7ccccc7)c7ccccc7)cc6)c4cc3C53c4ccccc4-c4ccccc43)cc2)cc1. The second kappa shape index (κ2) is 19.4. The Labute approximate surface area is 522 Å². The van der Waals surface area contributed by atoms with Crippen molar-refractivity contribution in [1.82, 2.24) is 9.13 Å². The third-order valence-corrected chi connectivity index (χ3v) is 19.9. The molecule has 90 heavy (non-hydrogen) atoms. The molecule has 16 aromatic rings. The van der Waals surface area contributed by atoms with Crippen molar-refractivity contribution < 1.29 is 0 Å². The molecule has 0 saturated heterocycles. The molecule has 0 atom stereocenters. The molecule has 19 rings (SSSR count). The largest absolute Gasteiger partial charge is 0.311 e. The van der Waals surface area contributed by atoms with E-state index in [-0.39, 0.29) is 0 Å². The lowest BCUT2D eigenvalue weighted by molar-refractivity contribution is 0.635. The lowest BCUT2D eigenvalue weighted by Gasteiger charge is -2.49. The maximum atomic E-state index is 2.64. The van der Waals surface area contributed by atoms with Gasteiger partial charge in [-0.1, -0.05) is 206 Å². The molecule has 0 amide bonds. The van der Waals surface area contributed by atoms with Gasteiger partial charge in [0.1, 0.15) is 0 Å². The summed E-state index contributed by atoms with van der Waals surface area (Å²) in [7, 11) is 0. The van der Waals surface area contributed by atoms with Crippen LogP contribution in [0.2, 0.25) is 0 Å². The molecule has 420 valence electrons. The minimum Gasteiger partial charge on any atom is -0.311 e. The van der Waals surface area contributed by atoms with Crippen LogP contribution >= 0.6 is 0 Å². The summed E-state index contributed by atoms with van der Waals surface area (Å²) >= 11 is 0. The van der Waals surface area contributed by atoms with Crippen molar-refractivity contribution in [3.05, 3.63) is 384 Å². The summed E-state index contributed by atoms with van der Waals surface area (Å²) in [4.78, 5) is 4.69. The summed E-state index contributed by atoms with van der Waals surface area (Å²) < 4.78 is 5.06. The van der Waals surface area contributed by atoms with Crippen molar-refractivity contribution in [1.29, 1.82) is 0 Å². The molecule has 0 N–H and O–H groups in total. The molecule has 0 saturated carbocycles. The first-order valence-corrected chi connectivity index (χ1v) is 31.2. The molecule has 4 heteroatoms. The van der Waals surface area contributed by atoms with E-state index in [1.807, 2.05) is 0 Å². The highest BCUT2D eigenvalue weighted by Gasteiger charge is 2.59. The van der Waals surface area contributed by atoms with E-state index >= 15 is 0 Å². The van der Waals surface area contributed by atoms with Gasteiger partial charge in [-0.15, -0.1) is 0 Å². The van der Waals surface area contributed by atoms with Crippen LogP contribution in [0.1, 0.15) is 44.5 Å². The molecule has 2 heterocycles. The Hall–Kier alpha value is -11.7. The first-order valence-electron chi connectivity index (χ1n) is 31.2. The maximum Gasteiger partial charge on any atom is 0.0721 e. The maximum absolute atomic E-state index is 2.64. The molecule has 2 aromatic heterocycles. The van der Waals surface area contributed by atoms with Crippen LogP contribution in [0.15, 0.2) is 340 Å². The fraction of sp³-hybridized carbons (Fsp3) is 0.0233. The van der Waals surface area contributed by atoms with Gasteiger partial charge >= 0.3 is 0 Å². The summed E-state index contributed by atoms with van der Waals surface area (Å²) in [6, 6.07) is 127. The molecule has 0 radical (unpaired) electrons. The van der Waals surface area contributed by atoms with Crippen LogP contribution in [-0.4, -0.2) is 9.13 Å². The zero-order valence-corrected chi connectivity index (χ0v) is 49.1. The van der Waals surface area contributed by atoms with Crippen molar-refractivity contribution >= 4 is 77.7 Å². The molecule has 0 bridgehead atoms. The van der Waals surface area contributed by atoms with Crippen molar-refractivity contribution in [2.24, 2.45) is 0 Å². The van der Waals surface area contributed by atoms with Gasteiger partial charge < -0.3 is 18.9 Å². The Morgan fingerprint density at radius 2 is 0.444 bits per heavy atom. The first-order chi connectivity index (χ1) is 44.7. The fourth-order valence-corrected chi connectivity index (χ4v) is 16.5. The number of nitrogens with zero attached hydrogens (tertiary/aromatic N) is 4. The lowest BCUT2D eigenvalue weighted by atomic mass is 9.52. The summed E-state index contributed by atoms with van der Waals surface area (Å²) in [6.07, 6.45) is 0. The molecule has 3 aliphatic carbocycles. The van der Waals surface area contributed by atoms with Crippen LogP contribution in [0.4, 0.5) is 34.1 Å². The predicted octanol–water partition coefficient (Wildman–Crippen LogP) is 21.9. The smallest absolute Gasteiger partial charge is 0.0721 e. The first kappa shape index (κ1) is 50.4. The van der Waals surface area contributed by atoms with Crippen LogP contribution < -0.4 is 9.80 Å². The van der Waals surface area contributed by atoms with E-state index in [0.29, 0.717) is 0 Å². The van der Waals surface area contributed by atoms with Crippen molar-refractivity contribution in [3.8, 4) is 33.6 Å². The second-order valence-electron chi connectivity index (χ2n) is 24.3. The summed E-state index contributed by atoms with van der Waals surface area (Å²) in [5.74, 6) is 0. The number of para-hydroxylation sites is 6. The number of hydrogen-bond acceptors (Lipinski definition) is 2. The minimum absolute atomic E-state index is 0.752. The highest BCUT2D eigenvalue weighted by molar-refractivity contribution is 6.13. The normalized spacial score (nSPS) is 13.5. The molecule has 2 spiro atoms. The molecule has 14 aromatic carbocycles. The Bertz CT molecular complexity index is 5010. The van der Waals surface area contributed by atoms with Crippen LogP contribution in [0, 0.1) is 0 Å². The zero-order valence-electron chi connectivity index (χ0n) is 49.1. The topological polar surface area (TPSA) is 16.3 Å². The Morgan fingerprint density at radius 1 is 0.189 bits per heavy atom. The van der Waals surface area contributed by atoms with Crippen LogP contribution in [0.5, 0.6) is 0 Å². The quantitative estimate of drug-likeness (QED) is 0.151. The number of fused-ring (bicyclic) bond motifs is 22. The van der Waals surface area contributed by atoms with E-state index < -0.39 is 10.8 Å². The third-order valence-electron chi connectivity index (χ3n) is 19.9. The van der Waals surface area contributed by atoms with Crippen molar-refractivity contribution in [2.45, 2.75) is 10.8 Å². The number of anilines is 6. The summed E-state index contributed by atoms with van der Waals surface area (Å²) in [5, 5.41) is 4.87. The number of aromatic nitrogens is 2. The predicted molar refractivity (Wildman–Crippen MR) is 373 cm³/mol. The summed E-state index contributed by atoms with van der Waals surface area (Å²) in [5.41, 5.74) is 27.5. The van der Waals surface area contributed by atoms with Gasteiger partial charge in [0.15, 0.2) is 0 Å². The van der Waals surface area contributed by atoms with Crippen LogP contribution in [0.3, 0.4) is 0 Å². The average molecular weight is 1150 g/mol. The van der Waals surface area contributed by atoms with Crippen LogP contribution in [0.25, 0.3) is 77.2 Å². The van der Waals surface area contributed by atoms with Gasteiger partial charge in [-0.3, -0.25) is 0 Å². The summed E-state index contributed by atoms with van der Waals surface area (Å²) in [6.45, 7) is 0. The van der Waals surface area contributed by atoms with Gasteiger partial charge in [0.25, 0.3) is 0 Å². The molecule has 0 aliphatic heterocycles. The second-order valence-corrected chi connectivity index (χ2v) is 24.3. The van der Waals surface area contributed by atoms with E-state index in [4.69, 9.17) is 0 Å². The van der Waals surface area contributed by atoms with Crippen molar-refractivity contribution in [3.63, 3.8) is 0 Å². The van der Waals surface area contributed by atoms with Gasteiger partial charge in [0, 0.05) is 67.0 Å². The number of hydrogen-bond donors (Lipinski definition) is 0. The van der Waals surface area contributed by atoms with Gasteiger partial charge in [-0.05, 0) is 200 Å². The lowest BCUT2D eigenvalue weighted by Crippen LogP contribution is -2.44. The highest BCUT2D eigenvalue weighted by Crippen LogP contribution is 2.68. The Kier molecular flexibility index (Phi) is 10.9. The van der Waals surface area contributed by atoms with E-state index in [9.17, 15) is 0 Å². The molecule has 4 nitrogen and oxygen atoms in total. The number of benzene rings is 14. The van der Waals surface area contributed by atoms with E-state index in [1.54, 1.807) is 0 Å². The van der Waals surface area contributed by atoms with Gasteiger partial charge in [0.05, 0.1) is 32.9 Å². The zero-order chi connectivity index (χ0) is 59.1. The van der Waals surface area contributed by atoms with Crippen molar-refractivity contribution in [2.75, 3.05) is 9.80 Å². The van der Waals surface area contributed by atoms with E-state index in [1.165, 1.54) is 110 Å². The molecule has 0 fully saturated rings. The molecule has 0 unspecified atom stereocenters. The van der Waals surface area contributed by atoms with Crippen LogP contribution in [-0.2, 0) is 10.8 Å².